The van der Waals surface area contributed by atoms with E-state index in [0.29, 0.717) is 5.92 Å². The number of nitrogens with zero attached hydrogens (tertiary/aromatic N) is 1. The van der Waals surface area contributed by atoms with Gasteiger partial charge in [0, 0.05) is 17.6 Å². The van der Waals surface area contributed by atoms with E-state index in [2.05, 4.69) is 41.6 Å². The molecule has 3 N–H and O–H groups in total. The highest BCUT2D eigenvalue weighted by atomic mass is 15.2. The number of aromatic nitrogens is 1. The van der Waals surface area contributed by atoms with Gasteiger partial charge in [-0.15, -0.1) is 0 Å². The summed E-state index contributed by atoms with van der Waals surface area (Å²) < 4.78 is 0. The van der Waals surface area contributed by atoms with E-state index < -0.39 is 0 Å². The highest BCUT2D eigenvalue weighted by molar-refractivity contribution is 5.79. The Hall–Kier alpha value is -1.45. The van der Waals surface area contributed by atoms with Gasteiger partial charge in [-0.25, -0.2) is 0 Å². The molecule has 1 heterocycles. The van der Waals surface area contributed by atoms with Crippen molar-refractivity contribution in [1.29, 1.82) is 0 Å². The molecular formula is C17H23N3. The molecule has 1 aliphatic carbocycles. The van der Waals surface area contributed by atoms with Crippen molar-refractivity contribution in [3.05, 3.63) is 42.1 Å². The molecule has 1 aromatic heterocycles. The van der Waals surface area contributed by atoms with Crippen LogP contribution in [0.15, 0.2) is 36.5 Å². The van der Waals surface area contributed by atoms with E-state index in [-0.39, 0.29) is 6.04 Å². The van der Waals surface area contributed by atoms with Crippen LogP contribution in [0.3, 0.4) is 0 Å². The summed E-state index contributed by atoms with van der Waals surface area (Å²) in [5, 5.41) is 1.19. The third-order valence-corrected chi connectivity index (χ3v) is 4.80. The van der Waals surface area contributed by atoms with Crippen molar-refractivity contribution in [2.45, 2.75) is 38.6 Å². The van der Waals surface area contributed by atoms with Crippen LogP contribution in [0, 0.1) is 11.8 Å². The summed E-state index contributed by atoms with van der Waals surface area (Å²) in [6.07, 6.45) is 7.02. The Bertz CT molecular complexity index is 581. The molecule has 106 valence electrons. The third-order valence-electron chi connectivity index (χ3n) is 4.80. The average molecular weight is 269 g/mol. The molecule has 1 aromatic carbocycles. The van der Waals surface area contributed by atoms with Crippen molar-refractivity contribution in [1.82, 2.24) is 10.4 Å². The number of hydrogen-bond acceptors (Lipinski definition) is 3. The lowest BCUT2D eigenvalue weighted by Crippen LogP contribution is -2.32. The molecule has 1 saturated carbocycles. The maximum Gasteiger partial charge on any atom is 0.0705 e. The van der Waals surface area contributed by atoms with Gasteiger partial charge in [-0.05, 0) is 42.4 Å². The van der Waals surface area contributed by atoms with Crippen molar-refractivity contribution in [3.63, 3.8) is 0 Å². The van der Waals surface area contributed by atoms with Crippen LogP contribution in [-0.2, 0) is 0 Å². The van der Waals surface area contributed by atoms with E-state index in [0.717, 1.165) is 11.4 Å². The van der Waals surface area contributed by atoms with Crippen LogP contribution in [0.1, 0.15) is 44.2 Å². The zero-order valence-corrected chi connectivity index (χ0v) is 12.0. The van der Waals surface area contributed by atoms with Gasteiger partial charge in [0.25, 0.3) is 0 Å². The monoisotopic (exact) mass is 269 g/mol. The Labute approximate surface area is 120 Å². The number of nitrogens with one attached hydrogen (secondary N) is 1. The molecule has 3 unspecified atom stereocenters. The van der Waals surface area contributed by atoms with Gasteiger partial charge in [0.2, 0.25) is 0 Å². The molecule has 3 nitrogen and oxygen atoms in total. The first-order valence-corrected chi connectivity index (χ1v) is 7.62. The predicted molar refractivity (Wildman–Crippen MR) is 82.9 cm³/mol. The smallest absolute Gasteiger partial charge is 0.0705 e. The molecule has 1 fully saturated rings. The maximum atomic E-state index is 5.85. The lowest BCUT2D eigenvalue weighted by Gasteiger charge is -2.23. The Balaban J connectivity index is 1.87. The first-order valence-electron chi connectivity index (χ1n) is 7.62. The molecular weight excluding hydrogens is 246 g/mol. The van der Waals surface area contributed by atoms with E-state index in [1.54, 1.807) is 0 Å². The fraction of sp³-hybridized carbons (Fsp3) is 0.471. The van der Waals surface area contributed by atoms with Gasteiger partial charge in [-0.1, -0.05) is 38.0 Å². The van der Waals surface area contributed by atoms with E-state index in [1.165, 1.54) is 36.6 Å². The SMILES string of the molecule is CCC1CCC(C(NN)c2ccc3cccnc3c2)C1. The van der Waals surface area contributed by atoms with Crippen LogP contribution < -0.4 is 11.3 Å². The van der Waals surface area contributed by atoms with Crippen molar-refractivity contribution in [3.8, 4) is 0 Å². The molecule has 0 bridgehead atoms. The minimum atomic E-state index is 0.248. The Morgan fingerprint density at radius 2 is 2.25 bits per heavy atom. The standard InChI is InChI=1S/C17H23N3/c1-2-12-5-6-14(10-12)17(20-18)15-8-7-13-4-3-9-19-16(13)11-15/h3-4,7-9,11-12,14,17,20H,2,5-6,10,18H2,1H3. The lowest BCUT2D eigenvalue weighted by molar-refractivity contribution is 0.358. The molecule has 3 rings (SSSR count). The zero-order valence-electron chi connectivity index (χ0n) is 12.0. The van der Waals surface area contributed by atoms with Crippen molar-refractivity contribution in [2.75, 3.05) is 0 Å². The fourth-order valence-electron chi connectivity index (χ4n) is 3.57. The van der Waals surface area contributed by atoms with Crippen LogP contribution in [0.2, 0.25) is 0 Å². The minimum Gasteiger partial charge on any atom is -0.271 e. The molecule has 0 spiro atoms. The quantitative estimate of drug-likeness (QED) is 0.659. The molecule has 0 saturated heterocycles. The average Bonchev–Trinajstić information content (AvgIpc) is 2.97. The van der Waals surface area contributed by atoms with E-state index in [9.17, 15) is 0 Å². The number of nitrogens with two attached hydrogens (primary N) is 1. The van der Waals surface area contributed by atoms with Gasteiger partial charge in [-0.3, -0.25) is 16.3 Å². The summed E-state index contributed by atoms with van der Waals surface area (Å²) in [6, 6.07) is 10.8. The highest BCUT2D eigenvalue weighted by Crippen LogP contribution is 2.40. The molecule has 1 aliphatic rings. The molecule has 0 amide bonds. The second kappa shape index (κ2) is 5.90. The summed E-state index contributed by atoms with van der Waals surface area (Å²) in [4.78, 5) is 4.45. The largest absolute Gasteiger partial charge is 0.271 e. The maximum absolute atomic E-state index is 5.85. The third kappa shape index (κ3) is 2.56. The second-order valence-electron chi connectivity index (χ2n) is 5.95. The van der Waals surface area contributed by atoms with Crippen LogP contribution in [0.4, 0.5) is 0 Å². The lowest BCUT2D eigenvalue weighted by atomic mass is 9.90. The van der Waals surface area contributed by atoms with Crippen LogP contribution in [0.5, 0.6) is 0 Å². The fourth-order valence-corrected chi connectivity index (χ4v) is 3.57. The predicted octanol–water partition coefficient (Wildman–Crippen LogP) is 3.57. The normalized spacial score (nSPS) is 24.1. The van der Waals surface area contributed by atoms with Crippen molar-refractivity contribution < 1.29 is 0 Å². The highest BCUT2D eigenvalue weighted by Gasteiger charge is 2.30. The number of fused-ring (bicyclic) bond motifs is 1. The summed E-state index contributed by atoms with van der Waals surface area (Å²) in [7, 11) is 0. The number of hydrazine groups is 1. The summed E-state index contributed by atoms with van der Waals surface area (Å²) in [5.74, 6) is 7.36. The van der Waals surface area contributed by atoms with Gasteiger partial charge in [-0.2, -0.15) is 0 Å². The topological polar surface area (TPSA) is 50.9 Å². The van der Waals surface area contributed by atoms with E-state index in [1.807, 2.05) is 12.3 Å². The van der Waals surface area contributed by atoms with Gasteiger partial charge >= 0.3 is 0 Å². The minimum absolute atomic E-state index is 0.248. The van der Waals surface area contributed by atoms with Crippen LogP contribution in [-0.4, -0.2) is 4.98 Å². The van der Waals surface area contributed by atoms with Crippen molar-refractivity contribution in [2.24, 2.45) is 17.7 Å². The second-order valence-corrected chi connectivity index (χ2v) is 5.95. The number of benzene rings is 1. The van der Waals surface area contributed by atoms with E-state index in [4.69, 9.17) is 5.84 Å². The van der Waals surface area contributed by atoms with Gasteiger partial charge in [0.15, 0.2) is 0 Å². The summed E-state index contributed by atoms with van der Waals surface area (Å²) in [6.45, 7) is 2.29. The number of pyridine rings is 1. The number of rotatable bonds is 4. The van der Waals surface area contributed by atoms with E-state index >= 15 is 0 Å². The van der Waals surface area contributed by atoms with Gasteiger partial charge in [0.05, 0.1) is 5.52 Å². The van der Waals surface area contributed by atoms with Crippen LogP contribution in [0.25, 0.3) is 10.9 Å². The summed E-state index contributed by atoms with van der Waals surface area (Å²) in [5.41, 5.74) is 5.36. The van der Waals surface area contributed by atoms with Crippen LogP contribution >= 0.6 is 0 Å². The molecule has 0 aliphatic heterocycles. The van der Waals surface area contributed by atoms with Gasteiger partial charge < -0.3 is 0 Å². The Kier molecular flexibility index (Phi) is 3.99. The van der Waals surface area contributed by atoms with Gasteiger partial charge in [0.1, 0.15) is 0 Å². The van der Waals surface area contributed by atoms with Crippen molar-refractivity contribution >= 4 is 10.9 Å². The molecule has 20 heavy (non-hydrogen) atoms. The molecule has 3 heteroatoms. The first kappa shape index (κ1) is 13.5. The summed E-state index contributed by atoms with van der Waals surface area (Å²) >= 11 is 0. The molecule has 3 atom stereocenters. The molecule has 2 aromatic rings. The zero-order chi connectivity index (χ0) is 13.9. The molecule has 0 radical (unpaired) electrons. The Morgan fingerprint density at radius 1 is 1.35 bits per heavy atom. The Morgan fingerprint density at radius 3 is 3.00 bits per heavy atom. The first-order chi connectivity index (χ1) is 9.81. The number of hydrogen-bond donors (Lipinski definition) is 2.